The summed E-state index contributed by atoms with van der Waals surface area (Å²) in [5, 5.41) is 4.69. The van der Waals surface area contributed by atoms with Gasteiger partial charge in [0.1, 0.15) is 0 Å². The predicted molar refractivity (Wildman–Crippen MR) is 80.2 cm³/mol. The summed E-state index contributed by atoms with van der Waals surface area (Å²) in [6, 6.07) is 5.64. The summed E-state index contributed by atoms with van der Waals surface area (Å²) in [6.07, 6.45) is -6.95. The maximum Gasteiger partial charge on any atom is 0.460 e. The first kappa shape index (κ1) is 27.6. The lowest BCUT2D eigenvalue weighted by atomic mass is 9.93. The number of aryl methyl sites for hydroxylation is 1. The molecule has 0 aromatic heterocycles. The third kappa shape index (κ3) is 4.40. The summed E-state index contributed by atoms with van der Waals surface area (Å²) in [5.74, 6) is -42.2. The maximum atomic E-state index is 13.5. The highest BCUT2D eigenvalue weighted by Crippen LogP contribution is 2.60. The molecule has 1 amide bonds. The van der Waals surface area contributed by atoms with Gasteiger partial charge in [-0.2, -0.15) is 62.2 Å². The number of halogens is 13. The minimum atomic E-state index is -8.08. The van der Waals surface area contributed by atoms with Crippen molar-refractivity contribution in [3.63, 3.8) is 0 Å². The molecule has 0 saturated heterocycles. The minimum absolute atomic E-state index is 0.149. The number of hydrogen-bond donors (Lipinski definition) is 0. The number of azo groups is 1. The average Bonchev–Trinajstić information content (AvgIpc) is 2.66. The van der Waals surface area contributed by atoms with Crippen LogP contribution in [-0.2, 0) is 17.8 Å². The van der Waals surface area contributed by atoms with Gasteiger partial charge in [0.25, 0.3) is 0 Å². The number of rotatable bonds is 8. The van der Waals surface area contributed by atoms with Gasteiger partial charge in [-0.05, 0) is 17.5 Å². The van der Waals surface area contributed by atoms with E-state index in [1.54, 1.807) is 6.92 Å². The quantitative estimate of drug-likeness (QED) is 0.302. The van der Waals surface area contributed by atoms with Gasteiger partial charge in [0, 0.05) is 0 Å². The van der Waals surface area contributed by atoms with Crippen molar-refractivity contribution in [2.24, 2.45) is 10.2 Å². The van der Waals surface area contributed by atoms with Crippen molar-refractivity contribution in [3.8, 4) is 0 Å². The molecule has 0 atom stereocenters. The van der Waals surface area contributed by atoms with E-state index in [2.05, 4.69) is 5.11 Å². The van der Waals surface area contributed by atoms with Gasteiger partial charge in [0.15, 0.2) is 0 Å². The van der Waals surface area contributed by atoms with Crippen LogP contribution in [0.1, 0.15) is 18.1 Å². The van der Waals surface area contributed by atoms with Crippen LogP contribution in [-0.4, -0.2) is 41.7 Å². The maximum absolute atomic E-state index is 13.5. The molecule has 3 nitrogen and oxygen atoms in total. The highest BCUT2D eigenvalue weighted by atomic mass is 19.4. The molecule has 0 aliphatic rings. The molecule has 0 fully saturated rings. The Hall–Kier alpha value is -2.42. The molecule has 0 saturated carbocycles. The van der Waals surface area contributed by atoms with Crippen LogP contribution in [0.2, 0.25) is 0 Å². The molecule has 1 rings (SSSR count). The van der Waals surface area contributed by atoms with E-state index in [0.29, 0.717) is 6.42 Å². The van der Waals surface area contributed by atoms with Gasteiger partial charge in [-0.25, -0.2) is 0 Å². The molecule has 0 unspecified atom stereocenters. The van der Waals surface area contributed by atoms with Gasteiger partial charge in [0.2, 0.25) is 0 Å². The summed E-state index contributed by atoms with van der Waals surface area (Å²) < 4.78 is 168. The van der Waals surface area contributed by atoms with E-state index in [4.69, 9.17) is 0 Å². The van der Waals surface area contributed by atoms with Gasteiger partial charge in [-0.1, -0.05) is 31.2 Å². The standard InChI is InChI=1S/C16H11F13N2O/c1-2-8-3-5-9(6-4-8)7-30-31-10(32)11(17,18)12(19,20)13(21,22)14(23,24)15(25,26)16(27,28)29/h3-6H,2,7H2,1H3. The van der Waals surface area contributed by atoms with Crippen molar-refractivity contribution >= 4 is 5.91 Å². The first-order chi connectivity index (χ1) is 14.2. The van der Waals surface area contributed by atoms with E-state index in [1.807, 2.05) is 5.11 Å². The third-order valence-electron chi connectivity index (χ3n) is 4.05. The SMILES string of the molecule is CCc1ccc(CN=NC(=O)C(F)(F)C(F)(F)C(F)(F)C(F)(F)C(F)(F)C(F)(F)F)cc1. The monoisotopic (exact) mass is 494 g/mol. The molecule has 0 aliphatic carbocycles. The molecule has 1 aromatic rings. The van der Waals surface area contributed by atoms with Gasteiger partial charge >= 0.3 is 41.7 Å². The number of carbonyl (C=O) groups is 1. The van der Waals surface area contributed by atoms with Gasteiger partial charge < -0.3 is 0 Å². The second kappa shape index (κ2) is 8.50. The van der Waals surface area contributed by atoms with Crippen LogP contribution in [0.15, 0.2) is 34.5 Å². The number of hydrogen-bond acceptors (Lipinski definition) is 2. The molecule has 0 spiro atoms. The highest BCUT2D eigenvalue weighted by molar-refractivity contribution is 5.85. The second-order valence-corrected chi connectivity index (χ2v) is 6.24. The summed E-state index contributed by atoms with van der Waals surface area (Å²) in [7, 11) is 0. The van der Waals surface area contributed by atoms with Gasteiger partial charge in [-0.15, -0.1) is 5.11 Å². The van der Waals surface area contributed by atoms with Crippen molar-refractivity contribution in [2.45, 2.75) is 55.7 Å². The van der Waals surface area contributed by atoms with Crippen LogP contribution in [0.25, 0.3) is 0 Å². The Balaban J connectivity index is 3.21. The molecular formula is C16H11F13N2O. The second-order valence-electron chi connectivity index (χ2n) is 6.24. The Labute approximate surface area is 170 Å². The third-order valence-corrected chi connectivity index (χ3v) is 4.05. The van der Waals surface area contributed by atoms with Crippen molar-refractivity contribution in [2.75, 3.05) is 0 Å². The lowest BCUT2D eigenvalue weighted by Gasteiger charge is -2.38. The Kier molecular flexibility index (Phi) is 7.33. The van der Waals surface area contributed by atoms with Crippen molar-refractivity contribution in [1.29, 1.82) is 0 Å². The smallest absolute Gasteiger partial charge is 0.264 e. The minimum Gasteiger partial charge on any atom is -0.264 e. The van der Waals surface area contributed by atoms with Crippen molar-refractivity contribution in [1.82, 2.24) is 0 Å². The first-order valence-corrected chi connectivity index (χ1v) is 8.14. The van der Waals surface area contributed by atoms with Crippen molar-refractivity contribution < 1.29 is 61.9 Å². The fourth-order valence-electron chi connectivity index (χ4n) is 2.03. The summed E-state index contributed by atoms with van der Waals surface area (Å²) in [6.45, 7) is 1.01. The average molecular weight is 494 g/mol. The Morgan fingerprint density at radius 2 is 1.09 bits per heavy atom. The van der Waals surface area contributed by atoms with Crippen LogP contribution in [0.3, 0.4) is 0 Å². The van der Waals surface area contributed by atoms with Gasteiger partial charge in [0.05, 0.1) is 6.54 Å². The lowest BCUT2D eigenvalue weighted by molar-refractivity contribution is -0.436. The molecule has 0 bridgehead atoms. The van der Waals surface area contributed by atoms with E-state index in [1.165, 1.54) is 24.3 Å². The number of benzene rings is 1. The zero-order chi connectivity index (χ0) is 25.4. The summed E-state index contributed by atoms with van der Waals surface area (Å²) in [4.78, 5) is 11.1. The summed E-state index contributed by atoms with van der Waals surface area (Å²) >= 11 is 0. The Morgan fingerprint density at radius 1 is 0.688 bits per heavy atom. The fraction of sp³-hybridized carbons (Fsp3) is 0.562. The topological polar surface area (TPSA) is 41.8 Å². The largest absolute Gasteiger partial charge is 0.460 e. The van der Waals surface area contributed by atoms with Crippen LogP contribution in [0.4, 0.5) is 57.1 Å². The van der Waals surface area contributed by atoms with Crippen LogP contribution < -0.4 is 0 Å². The summed E-state index contributed by atoms with van der Waals surface area (Å²) in [5.41, 5.74) is 0.933. The number of nitrogens with zero attached hydrogens (tertiary/aromatic N) is 2. The Morgan fingerprint density at radius 3 is 1.50 bits per heavy atom. The molecule has 0 N–H and O–H groups in total. The van der Waals surface area contributed by atoms with E-state index in [-0.39, 0.29) is 5.56 Å². The van der Waals surface area contributed by atoms with Crippen molar-refractivity contribution in [3.05, 3.63) is 35.4 Å². The van der Waals surface area contributed by atoms with Crippen LogP contribution in [0.5, 0.6) is 0 Å². The molecule has 0 radical (unpaired) electrons. The van der Waals surface area contributed by atoms with Gasteiger partial charge in [-0.3, -0.25) is 4.79 Å². The molecule has 0 aliphatic heterocycles. The fourth-order valence-corrected chi connectivity index (χ4v) is 2.03. The van der Waals surface area contributed by atoms with E-state index < -0.39 is 48.2 Å². The zero-order valence-electron chi connectivity index (χ0n) is 15.4. The molecule has 182 valence electrons. The molecule has 1 aromatic carbocycles. The lowest BCUT2D eigenvalue weighted by Crippen LogP contribution is -2.71. The van der Waals surface area contributed by atoms with E-state index >= 15 is 0 Å². The molecular weight excluding hydrogens is 483 g/mol. The van der Waals surface area contributed by atoms with Crippen LogP contribution in [0, 0.1) is 0 Å². The van der Waals surface area contributed by atoms with E-state index in [0.717, 1.165) is 5.56 Å². The highest BCUT2D eigenvalue weighted by Gasteiger charge is 2.91. The Bertz CT molecular complexity index is 844. The zero-order valence-corrected chi connectivity index (χ0v) is 15.4. The predicted octanol–water partition coefficient (Wildman–Crippen LogP) is 6.47. The molecule has 32 heavy (non-hydrogen) atoms. The normalized spacial score (nSPS) is 14.8. The number of alkyl halides is 13. The number of amides is 1. The first-order valence-electron chi connectivity index (χ1n) is 8.14. The van der Waals surface area contributed by atoms with Crippen LogP contribution >= 0.6 is 0 Å². The molecule has 16 heteroatoms. The van der Waals surface area contributed by atoms with E-state index in [9.17, 15) is 61.9 Å². The number of carbonyl (C=O) groups excluding carboxylic acids is 1. The molecule has 0 heterocycles.